The number of aliphatic hydroxyl groups is 1. The topological polar surface area (TPSA) is 129 Å². The second kappa shape index (κ2) is 13.7. The second-order valence-electron chi connectivity index (χ2n) is 9.97. The van der Waals surface area contributed by atoms with Crippen molar-refractivity contribution in [3.8, 4) is 5.75 Å². The smallest absolute Gasteiger partial charge is 0.252 e. The first-order valence-corrected chi connectivity index (χ1v) is 13.8. The third-order valence-electron chi connectivity index (χ3n) is 7.12. The second-order valence-corrected chi connectivity index (χ2v) is 9.97. The van der Waals surface area contributed by atoms with E-state index in [2.05, 4.69) is 15.3 Å². The molecule has 2 atom stereocenters. The van der Waals surface area contributed by atoms with Gasteiger partial charge in [-0.05, 0) is 41.4 Å². The molecule has 0 aliphatic carbocycles. The number of hydrogen-bond donors (Lipinski definition) is 2. The molecule has 0 radical (unpaired) electrons. The first-order valence-electron chi connectivity index (χ1n) is 13.8. The maximum Gasteiger partial charge on any atom is 0.252 e. The van der Waals surface area contributed by atoms with Gasteiger partial charge in [-0.15, -0.1) is 0 Å². The Kier molecular flexibility index (Phi) is 9.31. The molecule has 10 heteroatoms. The first-order chi connectivity index (χ1) is 21.0. The van der Waals surface area contributed by atoms with E-state index in [0.717, 1.165) is 5.56 Å². The van der Waals surface area contributed by atoms with Crippen LogP contribution in [-0.2, 0) is 22.5 Å². The van der Waals surface area contributed by atoms with Gasteiger partial charge < -0.3 is 19.9 Å². The average Bonchev–Trinajstić information content (AvgIpc) is 3.42. The van der Waals surface area contributed by atoms with Crippen molar-refractivity contribution in [1.82, 2.24) is 5.32 Å². The summed E-state index contributed by atoms with van der Waals surface area (Å²) in [6.45, 7) is 0.343. The fourth-order valence-electron chi connectivity index (χ4n) is 4.99. The van der Waals surface area contributed by atoms with Gasteiger partial charge in [0.1, 0.15) is 11.6 Å². The summed E-state index contributed by atoms with van der Waals surface area (Å²) in [5.41, 5.74) is 10.3. The molecule has 1 heterocycles. The third kappa shape index (κ3) is 6.67. The molecule has 5 rings (SSSR count). The highest BCUT2D eigenvalue weighted by molar-refractivity contribution is 6.01. The van der Waals surface area contributed by atoms with Crippen molar-refractivity contribution in [2.24, 2.45) is 10.1 Å². The Morgan fingerprint density at radius 3 is 2.49 bits per heavy atom. The van der Waals surface area contributed by atoms with Gasteiger partial charge in [0.15, 0.2) is 11.6 Å². The van der Waals surface area contributed by atoms with E-state index in [9.17, 15) is 14.7 Å². The largest absolute Gasteiger partial charge is 0.494 e. The standard InChI is InChI=1S/C33H30FN5O4/c34-28-13-6-4-11-25(28)22-36-32(41)33(21-23-9-2-1-3-10-23)30(27-12-5-7-14-29(27)38-39-35)43-31(37-33)24-15-17-26(18-16-24)42-20-8-19-40/h1-7,9-18,30,40H,8,19-22H2,(H,36,41)/t30-,33-/m1/s1. The Bertz CT molecular complexity index is 1640. The highest BCUT2D eigenvalue weighted by Gasteiger charge is 2.53. The predicted molar refractivity (Wildman–Crippen MR) is 160 cm³/mol. The molecule has 9 nitrogen and oxygen atoms in total. The molecule has 1 amide bonds. The molecule has 43 heavy (non-hydrogen) atoms. The van der Waals surface area contributed by atoms with E-state index in [1.165, 1.54) is 6.07 Å². The van der Waals surface area contributed by atoms with Gasteiger partial charge in [0.25, 0.3) is 5.91 Å². The van der Waals surface area contributed by atoms with E-state index in [1.807, 2.05) is 30.3 Å². The van der Waals surface area contributed by atoms with Crippen molar-refractivity contribution >= 4 is 17.5 Å². The minimum atomic E-state index is -1.54. The fraction of sp³-hybridized carbons (Fsp3) is 0.212. The van der Waals surface area contributed by atoms with Gasteiger partial charge in [-0.25, -0.2) is 9.38 Å². The maximum absolute atomic E-state index is 14.5. The molecule has 4 aromatic rings. The van der Waals surface area contributed by atoms with Crippen LogP contribution in [0.1, 0.15) is 34.8 Å². The monoisotopic (exact) mass is 579 g/mol. The number of ether oxygens (including phenoxy) is 2. The third-order valence-corrected chi connectivity index (χ3v) is 7.12. The van der Waals surface area contributed by atoms with Crippen molar-refractivity contribution in [1.29, 1.82) is 0 Å². The lowest BCUT2D eigenvalue weighted by Crippen LogP contribution is -2.49. The molecule has 218 valence electrons. The lowest BCUT2D eigenvalue weighted by atomic mass is 9.81. The highest BCUT2D eigenvalue weighted by atomic mass is 19.1. The van der Waals surface area contributed by atoms with Crippen LogP contribution in [0.15, 0.2) is 113 Å². The molecular formula is C33H30FN5O4. The molecule has 1 aliphatic rings. The molecule has 0 bridgehead atoms. The van der Waals surface area contributed by atoms with E-state index in [-0.39, 0.29) is 25.5 Å². The maximum atomic E-state index is 14.5. The number of carbonyl (C=O) groups is 1. The van der Waals surface area contributed by atoms with E-state index >= 15 is 0 Å². The number of rotatable bonds is 12. The van der Waals surface area contributed by atoms with Gasteiger partial charge in [0.05, 0.1) is 6.61 Å². The minimum absolute atomic E-state index is 0.0317. The lowest BCUT2D eigenvalue weighted by Gasteiger charge is -2.31. The minimum Gasteiger partial charge on any atom is -0.494 e. The number of azide groups is 1. The van der Waals surface area contributed by atoms with Crippen LogP contribution < -0.4 is 10.1 Å². The van der Waals surface area contributed by atoms with Crippen LogP contribution in [0, 0.1) is 5.82 Å². The molecule has 0 unspecified atom stereocenters. The zero-order valence-corrected chi connectivity index (χ0v) is 23.3. The van der Waals surface area contributed by atoms with E-state index in [4.69, 9.17) is 19.6 Å². The van der Waals surface area contributed by atoms with Crippen LogP contribution in [0.4, 0.5) is 10.1 Å². The number of halogens is 1. The van der Waals surface area contributed by atoms with Gasteiger partial charge in [0.2, 0.25) is 5.90 Å². The summed E-state index contributed by atoms with van der Waals surface area (Å²) in [6.07, 6.45) is -0.322. The summed E-state index contributed by atoms with van der Waals surface area (Å²) in [7, 11) is 0. The molecule has 4 aromatic carbocycles. The molecule has 0 fully saturated rings. The normalized spacial score (nSPS) is 17.3. The number of carbonyl (C=O) groups excluding carboxylic acids is 1. The Morgan fingerprint density at radius 2 is 1.74 bits per heavy atom. The van der Waals surface area contributed by atoms with E-state index < -0.39 is 23.4 Å². The number of benzene rings is 4. The molecule has 0 spiro atoms. The van der Waals surface area contributed by atoms with Gasteiger partial charge in [0, 0.05) is 53.3 Å². The fourth-order valence-corrected chi connectivity index (χ4v) is 4.99. The first kappa shape index (κ1) is 29.3. The Morgan fingerprint density at radius 1 is 1.02 bits per heavy atom. The number of aliphatic imine (C=N–C) groups is 1. The summed E-state index contributed by atoms with van der Waals surface area (Å²) in [5, 5.41) is 15.8. The molecular weight excluding hydrogens is 549 g/mol. The number of nitrogens with one attached hydrogen (secondary N) is 1. The van der Waals surface area contributed by atoms with E-state index in [0.29, 0.717) is 41.2 Å². The zero-order valence-electron chi connectivity index (χ0n) is 23.3. The van der Waals surface area contributed by atoms with Crippen molar-refractivity contribution in [2.75, 3.05) is 13.2 Å². The van der Waals surface area contributed by atoms with Gasteiger partial charge in [-0.3, -0.25) is 4.79 Å². The highest BCUT2D eigenvalue weighted by Crippen LogP contribution is 2.45. The lowest BCUT2D eigenvalue weighted by molar-refractivity contribution is -0.129. The van der Waals surface area contributed by atoms with Crippen LogP contribution in [0.2, 0.25) is 0 Å². The van der Waals surface area contributed by atoms with Crippen LogP contribution in [0.5, 0.6) is 5.75 Å². The number of amides is 1. The molecule has 0 aromatic heterocycles. The van der Waals surface area contributed by atoms with E-state index in [1.54, 1.807) is 66.7 Å². The van der Waals surface area contributed by atoms with Crippen molar-refractivity contribution in [3.63, 3.8) is 0 Å². The van der Waals surface area contributed by atoms with Gasteiger partial charge >= 0.3 is 0 Å². The summed E-state index contributed by atoms with van der Waals surface area (Å²) in [4.78, 5) is 22.3. The van der Waals surface area contributed by atoms with Crippen molar-refractivity contribution in [2.45, 2.75) is 31.0 Å². The SMILES string of the molecule is [N-]=[N+]=Nc1ccccc1[C@H]1OC(c2ccc(OCCCO)cc2)=N[C@@]1(Cc1ccccc1)C(=O)NCc1ccccc1F. The number of hydrogen-bond acceptors (Lipinski definition) is 6. The molecule has 0 saturated carbocycles. The predicted octanol–water partition coefficient (Wildman–Crippen LogP) is 6.34. The van der Waals surface area contributed by atoms with Gasteiger partial charge in [-0.1, -0.05) is 77.9 Å². The summed E-state index contributed by atoms with van der Waals surface area (Å²) < 4.78 is 26.6. The van der Waals surface area contributed by atoms with Crippen molar-refractivity contribution < 1.29 is 23.8 Å². The Balaban J connectivity index is 1.59. The average molecular weight is 580 g/mol. The molecule has 2 N–H and O–H groups in total. The quantitative estimate of drug-likeness (QED) is 0.0878. The Hall–Kier alpha value is -5.18. The summed E-state index contributed by atoms with van der Waals surface area (Å²) in [5.74, 6) is -0.0727. The molecule has 0 saturated heterocycles. The van der Waals surface area contributed by atoms with Crippen LogP contribution >= 0.6 is 0 Å². The van der Waals surface area contributed by atoms with Crippen LogP contribution in [0.3, 0.4) is 0 Å². The van der Waals surface area contributed by atoms with Crippen LogP contribution in [0.25, 0.3) is 10.4 Å². The number of aliphatic hydroxyl groups excluding tert-OH is 1. The van der Waals surface area contributed by atoms with Crippen LogP contribution in [-0.4, -0.2) is 35.7 Å². The van der Waals surface area contributed by atoms with Crippen molar-refractivity contribution in [3.05, 3.63) is 142 Å². The van der Waals surface area contributed by atoms with Gasteiger partial charge in [-0.2, -0.15) is 0 Å². The molecule has 1 aliphatic heterocycles. The number of nitrogens with zero attached hydrogens (tertiary/aromatic N) is 4. The Labute approximate surface area is 248 Å². The summed E-state index contributed by atoms with van der Waals surface area (Å²) in [6, 6.07) is 29.6. The zero-order chi connectivity index (χ0) is 30.1. The summed E-state index contributed by atoms with van der Waals surface area (Å²) >= 11 is 0.